The Labute approximate surface area is 314 Å². The summed E-state index contributed by atoms with van der Waals surface area (Å²) in [5.41, 5.74) is 0.179. The molecule has 16 unspecified atom stereocenters. The number of benzene rings is 1. The van der Waals surface area contributed by atoms with Crippen molar-refractivity contribution in [3.8, 4) is 5.75 Å². The van der Waals surface area contributed by atoms with Gasteiger partial charge < -0.3 is 16.6 Å². The number of phenolic OH excluding ortho intramolecular Hbond substituents is 1. The molecular formula is C39H61CoN8O3-. The molecule has 1 aromatic carbocycles. The van der Waals surface area contributed by atoms with Crippen LogP contribution in [0, 0.1) is 53.8 Å². The Morgan fingerprint density at radius 2 is 0.804 bits per heavy atom. The van der Waals surface area contributed by atoms with E-state index >= 15 is 0 Å². The summed E-state index contributed by atoms with van der Waals surface area (Å²) in [4.78, 5) is 10.2. The van der Waals surface area contributed by atoms with E-state index < -0.39 is 5.97 Å². The summed E-state index contributed by atoms with van der Waals surface area (Å²) in [6.45, 7) is 0. The smallest absolute Gasteiger partial charge is 0.335 e. The molecule has 4 aliphatic carbocycles. The van der Waals surface area contributed by atoms with Crippen LogP contribution in [0.15, 0.2) is 24.3 Å². The van der Waals surface area contributed by atoms with Gasteiger partial charge >= 0.3 is 5.97 Å². The second-order valence-corrected chi connectivity index (χ2v) is 17.3. The summed E-state index contributed by atoms with van der Waals surface area (Å²) >= 11 is 0. The van der Waals surface area contributed by atoms with Gasteiger partial charge in [-0.3, -0.25) is 42.5 Å². The van der Waals surface area contributed by atoms with Crippen molar-refractivity contribution in [2.75, 3.05) is 0 Å². The van der Waals surface area contributed by atoms with Crippen LogP contribution in [0.1, 0.15) is 107 Å². The molecule has 8 bridgehead atoms. The Kier molecular flexibility index (Phi) is 11.4. The molecule has 285 valence electrons. The minimum Gasteiger partial charge on any atom is -0.508 e. The van der Waals surface area contributed by atoms with Gasteiger partial charge in [0.15, 0.2) is 0 Å². The predicted molar refractivity (Wildman–Crippen MR) is 192 cm³/mol. The van der Waals surface area contributed by atoms with Crippen LogP contribution in [0.5, 0.6) is 5.75 Å². The van der Waals surface area contributed by atoms with Crippen molar-refractivity contribution in [3.05, 3.63) is 36.2 Å². The number of hydrogen-bond acceptors (Lipinski definition) is 10. The van der Waals surface area contributed by atoms with E-state index in [1.165, 1.54) is 121 Å². The van der Waals surface area contributed by atoms with Crippen LogP contribution >= 0.6 is 0 Å². The van der Waals surface area contributed by atoms with Gasteiger partial charge in [0, 0.05) is 22.9 Å². The van der Waals surface area contributed by atoms with Crippen molar-refractivity contribution in [1.29, 1.82) is 0 Å². The Balaban J connectivity index is 0.000000297. The van der Waals surface area contributed by atoms with Gasteiger partial charge in [-0.2, -0.15) is 6.42 Å². The van der Waals surface area contributed by atoms with Gasteiger partial charge in [-0.25, -0.2) is 4.79 Å². The summed E-state index contributed by atoms with van der Waals surface area (Å²) in [6, 6.07) is 5.36. The van der Waals surface area contributed by atoms with Crippen molar-refractivity contribution in [1.82, 2.24) is 42.5 Å². The van der Waals surface area contributed by atoms with Crippen LogP contribution in [-0.4, -0.2) is 65.5 Å². The van der Waals surface area contributed by atoms with E-state index in [2.05, 4.69) is 49.0 Å². The van der Waals surface area contributed by atoms with Gasteiger partial charge in [0.25, 0.3) is 0 Å². The Hall–Kier alpha value is -1.32. The molecule has 0 aromatic heterocycles. The van der Waals surface area contributed by atoms with E-state index in [1.54, 1.807) is 0 Å². The quantitative estimate of drug-likeness (QED) is 0.192. The average Bonchev–Trinajstić information content (AvgIpc) is 3.88. The Morgan fingerprint density at radius 3 is 1.16 bits per heavy atom. The Morgan fingerprint density at radius 1 is 0.490 bits per heavy atom. The van der Waals surface area contributed by atoms with Crippen molar-refractivity contribution in [2.45, 2.75) is 146 Å². The first-order valence-electron chi connectivity index (χ1n) is 20.4. The maximum absolute atomic E-state index is 10.2. The van der Waals surface area contributed by atoms with Crippen LogP contribution in [0.3, 0.4) is 0 Å². The largest absolute Gasteiger partial charge is 0.508 e. The number of carboxylic acid groups (broad SMARTS) is 1. The fourth-order valence-corrected chi connectivity index (χ4v) is 12.3. The number of hydrogen-bond donors (Lipinski definition) is 10. The molecule has 9 fully saturated rings. The SMILES string of the molecule is O=C(O)c1ccc(O)cc1.[CH-]1CCCC2C3NC(NC4NC(NC5NC(NC6NC(N3)C3CCCCC63)C3CCCCC53)C3CCCCC43)C12.[Co]. The molecule has 5 aliphatic heterocycles. The molecule has 11 nitrogen and oxygen atoms in total. The number of carboxylic acids is 1. The molecule has 0 amide bonds. The van der Waals surface area contributed by atoms with E-state index in [0.29, 0.717) is 61.2 Å². The summed E-state index contributed by atoms with van der Waals surface area (Å²) in [5, 5.41) is 50.8. The van der Waals surface area contributed by atoms with Gasteiger partial charge in [0.2, 0.25) is 0 Å². The molecule has 4 saturated carbocycles. The normalized spacial score (nSPS) is 47.0. The zero-order valence-corrected chi connectivity index (χ0v) is 30.9. The van der Waals surface area contributed by atoms with Gasteiger partial charge in [-0.1, -0.05) is 51.4 Å². The Bertz CT molecular complexity index is 1130. The van der Waals surface area contributed by atoms with E-state index in [1.807, 2.05) is 0 Å². The number of fused-ring (bicyclic) bond motifs is 20. The number of aromatic carboxylic acids is 1. The van der Waals surface area contributed by atoms with E-state index in [4.69, 9.17) is 10.2 Å². The molecule has 5 saturated heterocycles. The van der Waals surface area contributed by atoms with Crippen molar-refractivity contribution in [3.63, 3.8) is 0 Å². The fraction of sp³-hybridized carbons (Fsp3) is 0.795. The third-order valence-electron chi connectivity index (χ3n) is 14.7. The third-order valence-corrected chi connectivity index (χ3v) is 14.7. The summed E-state index contributed by atoms with van der Waals surface area (Å²) in [6.07, 6.45) is 26.4. The number of nitrogens with one attached hydrogen (secondary N) is 8. The van der Waals surface area contributed by atoms with Gasteiger partial charge in [-0.05, 0) is 104 Å². The minimum absolute atomic E-state index is 0. The van der Waals surface area contributed by atoms with Crippen LogP contribution in [0.4, 0.5) is 0 Å². The second kappa shape index (κ2) is 15.8. The molecule has 16 atom stereocenters. The first-order valence-corrected chi connectivity index (χ1v) is 20.4. The summed E-state index contributed by atoms with van der Waals surface area (Å²) in [5.74, 6) is 4.83. The van der Waals surface area contributed by atoms with Crippen molar-refractivity contribution >= 4 is 5.97 Å². The zero-order chi connectivity index (χ0) is 33.8. The number of aromatic hydroxyl groups is 1. The topological polar surface area (TPSA) is 154 Å². The average molecular weight is 749 g/mol. The first kappa shape index (κ1) is 36.6. The summed E-state index contributed by atoms with van der Waals surface area (Å²) < 4.78 is 0. The van der Waals surface area contributed by atoms with Crippen LogP contribution in [0.2, 0.25) is 0 Å². The fourth-order valence-electron chi connectivity index (χ4n) is 12.3. The molecule has 9 aliphatic rings. The second-order valence-electron chi connectivity index (χ2n) is 17.3. The van der Waals surface area contributed by atoms with Crippen LogP contribution in [0.25, 0.3) is 0 Å². The zero-order valence-electron chi connectivity index (χ0n) is 29.9. The standard InChI is InChI=1S/C32H55N8.C7H6O3.Co/c1-2-10-18-17(9-1)25-33-26(18)38-28-21-13-5-6-14-22(21)30(35-28)40-32-24-16-8-7-15-23(24)31(36-32)39-29-20-12-4-3-11-19(20)27(34-29)37-25;8-6-3-1-5(2-4-6)7(9)10;/h9,17-40H,1-8,10-16H2;1-4,8H,(H,9,10);/q-1;;. The number of carbonyl (C=O) groups is 1. The molecule has 12 heteroatoms. The molecule has 0 spiro atoms. The maximum Gasteiger partial charge on any atom is 0.335 e. The van der Waals surface area contributed by atoms with E-state index in [-0.39, 0.29) is 28.1 Å². The molecule has 51 heavy (non-hydrogen) atoms. The first-order chi connectivity index (χ1) is 24.5. The summed E-state index contributed by atoms with van der Waals surface area (Å²) in [7, 11) is 0. The predicted octanol–water partition coefficient (Wildman–Crippen LogP) is 3.51. The molecule has 5 heterocycles. The van der Waals surface area contributed by atoms with Gasteiger partial charge in [-0.15, -0.1) is 5.92 Å². The molecule has 1 aromatic rings. The maximum atomic E-state index is 10.2. The monoisotopic (exact) mass is 748 g/mol. The van der Waals surface area contributed by atoms with Crippen LogP contribution in [-0.2, 0) is 16.8 Å². The molecule has 10 N–H and O–H groups in total. The third kappa shape index (κ3) is 7.28. The molecule has 1 radical (unpaired) electrons. The van der Waals surface area contributed by atoms with Gasteiger partial charge in [0.05, 0.1) is 48.7 Å². The van der Waals surface area contributed by atoms with Crippen molar-refractivity contribution < 1.29 is 31.8 Å². The molecule has 10 rings (SSSR count). The number of rotatable bonds is 1. The minimum atomic E-state index is -0.986. The molecular weight excluding hydrogens is 687 g/mol. The van der Waals surface area contributed by atoms with E-state index in [0.717, 1.165) is 35.5 Å². The van der Waals surface area contributed by atoms with Crippen molar-refractivity contribution in [2.24, 2.45) is 47.3 Å². The van der Waals surface area contributed by atoms with E-state index in [9.17, 15) is 4.79 Å². The van der Waals surface area contributed by atoms with Crippen LogP contribution < -0.4 is 42.5 Å². The van der Waals surface area contributed by atoms with Gasteiger partial charge in [0.1, 0.15) is 5.75 Å². The number of phenols is 1.